The first-order chi connectivity index (χ1) is 56.1. The lowest BCUT2D eigenvalue weighted by molar-refractivity contribution is -0.201. The van der Waals surface area contributed by atoms with E-state index in [0.29, 0.717) is 108 Å². The van der Waals surface area contributed by atoms with Crippen LogP contribution in [0.4, 0.5) is 0 Å². The normalized spacial score (nSPS) is 21.7. The molecule has 9 heterocycles. The highest BCUT2D eigenvalue weighted by Gasteiger charge is 2.52. The molecule has 0 radical (unpaired) electrons. The van der Waals surface area contributed by atoms with E-state index in [2.05, 4.69) is 109 Å². The summed E-state index contributed by atoms with van der Waals surface area (Å²) in [4.78, 5) is 103. The summed E-state index contributed by atoms with van der Waals surface area (Å²) in [5.41, 5.74) is 9.75. The van der Waals surface area contributed by atoms with E-state index in [1.807, 2.05) is 36.4 Å². The van der Waals surface area contributed by atoms with Gasteiger partial charge in [0.1, 0.15) is 47.3 Å². The Balaban J connectivity index is 0.000000176. The monoisotopic (exact) mass is 1780 g/mol. The van der Waals surface area contributed by atoms with Crippen LogP contribution in [0.2, 0.25) is 0 Å². The molecular formula is C82H98BrN9O23S4. The van der Waals surface area contributed by atoms with E-state index in [9.17, 15) is 62.8 Å². The molecule has 5 aliphatic heterocycles. The van der Waals surface area contributed by atoms with Crippen LogP contribution in [0.25, 0.3) is 0 Å². The summed E-state index contributed by atoms with van der Waals surface area (Å²) in [6.45, 7) is 9.32. The number of rotatable bonds is 24. The Labute approximate surface area is 702 Å². The number of halogens is 1. The third-order valence-corrected chi connectivity index (χ3v) is 29.0. The van der Waals surface area contributed by atoms with Crippen molar-refractivity contribution in [3.05, 3.63) is 117 Å². The Morgan fingerprint density at radius 1 is 0.462 bits per heavy atom. The molecule has 0 spiro atoms. The molecule has 640 valence electrons. The quantitative estimate of drug-likeness (QED) is 0.0336. The van der Waals surface area contributed by atoms with Gasteiger partial charge in [0.25, 0.3) is 5.91 Å². The van der Waals surface area contributed by atoms with Gasteiger partial charge in [-0.05, 0) is 170 Å². The summed E-state index contributed by atoms with van der Waals surface area (Å²) in [6.07, 6.45) is 20.5. The number of carbonyl (C=O) groups excluding carboxylic acids is 3. The summed E-state index contributed by atoms with van der Waals surface area (Å²) < 4.78 is 107. The summed E-state index contributed by atoms with van der Waals surface area (Å²) >= 11 is 3.31. The van der Waals surface area contributed by atoms with Crippen LogP contribution in [0.5, 0.6) is 0 Å². The third-order valence-electron chi connectivity index (χ3n) is 20.6. The second kappa shape index (κ2) is 40.6. The van der Waals surface area contributed by atoms with Gasteiger partial charge in [0.15, 0.2) is 64.6 Å². The molecule has 0 aromatic carbocycles. The van der Waals surface area contributed by atoms with Crippen LogP contribution in [0.1, 0.15) is 203 Å². The zero-order chi connectivity index (χ0) is 86.7. The standard InChI is InChI=1S/C23H29N3O6S.C20H24N2O5S.C18H20N2O5S.C15H19BrN2O5S.C6H6O2/c1-23(33(2,28)29,22(27)26-32-21-5-3-4-12-30-21)14-18-13-20(25-31-18)19-11-10-17(15-24-19)9-8-16-6-7-16;1-4-26-19(23)20(2,28(3,24)25)12-16-11-18(22-27-16)17-10-9-15(13-21-17)8-7-14-5-6-14;1-18(17(21)22,26(2,23)24)10-14-9-16(20-25-14)15-8-7-13(11-19-15)6-5-12-3-4-12;1-4-22-14(19)15(2,24(3,20)21)8-11-7-13(18-23-11)12-6-5-10(16)9-17-12;7-6(8)4-3-5-1-2-5/h10-11,15-16,18,21H,3-7,12-14H2,1-2H3,(H,26,27);9-10,13-14,16H,4-6,11-12H2,1-3H3;7-8,11-12,14H,3-4,9-10H2,1-2H3,(H,21,22);5-6,9,11H,4,7-8H2,1-3H3;5H,1-2H2,(H,7,8). The fraction of sp³-hybridized carbons (Fsp3) is 0.549. The molecule has 37 heteroatoms. The van der Waals surface area contributed by atoms with Gasteiger partial charge in [-0.25, -0.2) is 48.8 Å². The Morgan fingerprint density at radius 2 is 0.790 bits per heavy atom. The van der Waals surface area contributed by atoms with E-state index in [-0.39, 0.29) is 38.9 Å². The molecule has 9 atom stereocenters. The Morgan fingerprint density at radius 3 is 1.07 bits per heavy atom. The second-order valence-corrected chi connectivity index (χ2v) is 41.6. The van der Waals surface area contributed by atoms with E-state index in [1.165, 1.54) is 53.4 Å². The predicted molar refractivity (Wildman–Crippen MR) is 441 cm³/mol. The molecule has 9 aliphatic rings. The summed E-state index contributed by atoms with van der Waals surface area (Å²) in [7, 11) is -15.0. The number of aromatic nitrogens is 4. The van der Waals surface area contributed by atoms with Crippen molar-refractivity contribution >= 4 is 108 Å². The number of nitrogens with one attached hydrogen (secondary N) is 1. The van der Waals surface area contributed by atoms with Crippen molar-refractivity contribution < 1.29 is 106 Å². The molecule has 32 nitrogen and oxygen atoms in total. The number of hydrogen-bond acceptors (Lipinski definition) is 29. The maximum atomic E-state index is 12.9. The number of hydroxylamine groups is 1. The SMILES string of the molecule is CC(CC1CC(c2ccc(C#CC3CC3)cn2)=NO1)(C(=O)NOC1CCCCO1)S(C)(=O)=O.CC(CC1CC(c2ccc(C#CC3CC3)cn2)=NO1)(C(=O)O)S(C)(=O)=O.CCOC(=O)C(C)(CC1CC(c2ccc(Br)cn2)=NO1)S(C)(=O)=O.CCOC(=O)C(C)(CC1CC(c2ccc(C#CC3CC3)cn2)=NO1)S(C)(=O)=O.O=C(O)C#CC1CC1. The van der Waals surface area contributed by atoms with Gasteiger partial charge in [-0.2, -0.15) is 0 Å². The van der Waals surface area contributed by atoms with Gasteiger partial charge in [-0.15, -0.1) is 0 Å². The van der Waals surface area contributed by atoms with Crippen LogP contribution >= 0.6 is 15.9 Å². The topological polar surface area (TPSA) is 449 Å². The van der Waals surface area contributed by atoms with Crippen LogP contribution in [0.15, 0.2) is 98.4 Å². The minimum Gasteiger partial charge on any atom is -0.480 e. The maximum absolute atomic E-state index is 12.9. The number of pyridine rings is 4. The third kappa shape index (κ3) is 26.9. The van der Waals surface area contributed by atoms with E-state index in [1.54, 1.807) is 50.8 Å². The second-order valence-electron chi connectivity index (χ2n) is 30.9. The lowest BCUT2D eigenvalue weighted by Crippen LogP contribution is -2.52. The van der Waals surface area contributed by atoms with Gasteiger partial charge in [0.2, 0.25) is 0 Å². The zero-order valence-electron chi connectivity index (χ0n) is 67.7. The number of esters is 2. The predicted octanol–water partition coefficient (Wildman–Crippen LogP) is 8.39. The molecule has 119 heavy (non-hydrogen) atoms. The van der Waals surface area contributed by atoms with Crippen molar-refractivity contribution in [1.82, 2.24) is 25.4 Å². The van der Waals surface area contributed by atoms with E-state index in [0.717, 1.165) is 84.7 Å². The van der Waals surface area contributed by atoms with E-state index < -0.39 is 119 Å². The number of sulfone groups is 4. The van der Waals surface area contributed by atoms with Crippen LogP contribution in [-0.2, 0) is 102 Å². The molecule has 5 fully saturated rings. The van der Waals surface area contributed by atoms with E-state index >= 15 is 0 Å². The maximum Gasteiger partial charge on any atom is 0.381 e. The number of ether oxygens (including phenoxy) is 3. The number of oxime groups is 4. The molecule has 4 saturated carbocycles. The first-order valence-corrected chi connectivity index (χ1v) is 47.1. The summed E-state index contributed by atoms with van der Waals surface area (Å²) in [6, 6.07) is 14.7. The lowest BCUT2D eigenvalue weighted by atomic mass is 9.98. The van der Waals surface area contributed by atoms with E-state index in [4.69, 9.17) is 43.5 Å². The molecular weight excluding hydrogens is 1690 g/mol. The molecule has 1 saturated heterocycles. The van der Waals surface area contributed by atoms with Crippen molar-refractivity contribution in [3.63, 3.8) is 0 Å². The average Bonchev–Trinajstić information content (AvgIpc) is 1.64. The first-order valence-electron chi connectivity index (χ1n) is 38.8. The number of carbonyl (C=O) groups is 5. The molecule has 13 rings (SSSR count). The molecule has 3 N–H and O–H groups in total. The van der Waals surface area contributed by atoms with Gasteiger partial charge in [-0.1, -0.05) is 62.1 Å². The highest BCUT2D eigenvalue weighted by molar-refractivity contribution is 9.10. The van der Waals surface area contributed by atoms with Crippen LogP contribution in [-0.4, -0.2) is 211 Å². The fourth-order valence-corrected chi connectivity index (χ4v) is 15.4. The van der Waals surface area contributed by atoms with Crippen LogP contribution < -0.4 is 5.48 Å². The smallest absolute Gasteiger partial charge is 0.381 e. The molecule has 4 aliphatic carbocycles. The van der Waals surface area contributed by atoms with Crippen molar-refractivity contribution in [3.8, 4) is 47.4 Å². The number of aliphatic carboxylic acids is 2. The molecule has 9 unspecified atom stereocenters. The highest BCUT2D eigenvalue weighted by atomic mass is 79.9. The minimum absolute atomic E-state index is 0.0335. The first kappa shape index (κ1) is 93.1. The van der Waals surface area contributed by atoms with Gasteiger partial charge in [0, 0.05) is 165 Å². The van der Waals surface area contributed by atoms with Gasteiger partial charge in [0.05, 0.1) is 36.0 Å². The minimum atomic E-state index is -3.81. The van der Waals surface area contributed by atoms with Gasteiger partial charge in [-0.3, -0.25) is 39.1 Å². The zero-order valence-corrected chi connectivity index (χ0v) is 72.6. The Kier molecular flexibility index (Phi) is 31.7. The van der Waals surface area contributed by atoms with Crippen LogP contribution in [0.3, 0.4) is 0 Å². The fourth-order valence-electron chi connectivity index (χ4n) is 11.8. The number of amides is 1. The molecule has 4 aromatic rings. The molecule has 4 aromatic heterocycles. The summed E-state index contributed by atoms with van der Waals surface area (Å²) in [5, 5.41) is 33.4. The van der Waals surface area contributed by atoms with Crippen molar-refractivity contribution in [2.24, 2.45) is 44.3 Å². The van der Waals surface area contributed by atoms with Gasteiger partial charge >= 0.3 is 23.9 Å². The Bertz CT molecular complexity index is 5260. The molecule has 0 bridgehead atoms. The Hall–Kier alpha value is -9.73. The van der Waals surface area contributed by atoms with Crippen LogP contribution in [0, 0.1) is 71.0 Å². The molecule has 1 amide bonds. The number of hydrogen-bond donors (Lipinski definition) is 3. The van der Waals surface area contributed by atoms with Crippen molar-refractivity contribution in [2.45, 2.75) is 213 Å². The lowest BCUT2D eigenvalue weighted by Gasteiger charge is -2.29. The largest absolute Gasteiger partial charge is 0.480 e. The number of nitrogens with zero attached hydrogens (tertiary/aromatic N) is 8. The van der Waals surface area contributed by atoms with Crippen molar-refractivity contribution in [1.29, 1.82) is 0 Å². The number of carboxylic acids is 2. The number of carboxylic acid groups (broad SMARTS) is 2. The average molecular weight is 1790 g/mol. The summed E-state index contributed by atoms with van der Waals surface area (Å²) in [5.74, 6) is 20.8. The van der Waals surface area contributed by atoms with Gasteiger partial charge < -0.3 is 43.8 Å². The highest BCUT2D eigenvalue weighted by Crippen LogP contribution is 2.36. The van der Waals surface area contributed by atoms with Crippen molar-refractivity contribution in [2.75, 3.05) is 44.8 Å².